The summed E-state index contributed by atoms with van der Waals surface area (Å²) in [7, 11) is -3.55. The Hall–Kier alpha value is -1.40. The van der Waals surface area contributed by atoms with Crippen LogP contribution in [0.25, 0.3) is 0 Å². The maximum atomic E-state index is 12.4. The van der Waals surface area contributed by atoms with Crippen LogP contribution in [-0.4, -0.2) is 13.4 Å². The maximum Gasteiger partial charge on any atom is 0.263 e. The molecule has 0 bridgehead atoms. The van der Waals surface area contributed by atoms with Gasteiger partial charge in [-0.1, -0.05) is 26.0 Å². The van der Waals surface area contributed by atoms with E-state index < -0.39 is 10.0 Å². The molecule has 0 saturated heterocycles. The Kier molecular flexibility index (Phi) is 4.23. The molecule has 1 aliphatic carbocycles. The summed E-state index contributed by atoms with van der Waals surface area (Å²) in [6.07, 6.45) is 3.27. The predicted octanol–water partition coefficient (Wildman–Crippen LogP) is 4.02. The second-order valence-electron chi connectivity index (χ2n) is 6.20. The van der Waals surface area contributed by atoms with Gasteiger partial charge >= 0.3 is 0 Å². The van der Waals surface area contributed by atoms with Gasteiger partial charge in [0.1, 0.15) is 0 Å². The Morgan fingerprint density at radius 2 is 1.95 bits per heavy atom. The van der Waals surface area contributed by atoms with E-state index >= 15 is 0 Å². The first-order valence-electron chi connectivity index (χ1n) is 7.51. The lowest BCUT2D eigenvalue weighted by molar-refractivity contribution is 0.601. The zero-order chi connectivity index (χ0) is 15.7. The van der Waals surface area contributed by atoms with E-state index in [1.165, 1.54) is 11.3 Å². The first-order chi connectivity index (χ1) is 10.4. The third kappa shape index (κ3) is 3.67. The van der Waals surface area contributed by atoms with E-state index in [9.17, 15) is 8.42 Å². The summed E-state index contributed by atoms with van der Waals surface area (Å²) < 4.78 is 27.3. The topological polar surface area (TPSA) is 59.1 Å². The van der Waals surface area contributed by atoms with E-state index in [4.69, 9.17) is 0 Å². The van der Waals surface area contributed by atoms with E-state index in [0.29, 0.717) is 17.0 Å². The van der Waals surface area contributed by atoms with Gasteiger partial charge < -0.3 is 0 Å². The van der Waals surface area contributed by atoms with Crippen LogP contribution in [0.1, 0.15) is 43.9 Å². The van der Waals surface area contributed by atoms with E-state index in [1.54, 1.807) is 12.1 Å². The number of benzene rings is 1. The van der Waals surface area contributed by atoms with Crippen molar-refractivity contribution in [2.24, 2.45) is 5.92 Å². The highest BCUT2D eigenvalue weighted by Crippen LogP contribution is 2.41. The molecule has 118 valence electrons. The molecule has 0 aliphatic heterocycles. The summed E-state index contributed by atoms with van der Waals surface area (Å²) in [5.41, 5.74) is 2.16. The quantitative estimate of drug-likeness (QED) is 0.867. The molecule has 1 aliphatic rings. The molecule has 1 aromatic heterocycles. The molecule has 0 unspecified atom stereocenters. The Morgan fingerprint density at radius 1 is 1.27 bits per heavy atom. The minimum absolute atomic E-state index is 0.281. The molecule has 0 amide bonds. The fourth-order valence-corrected chi connectivity index (χ4v) is 4.39. The van der Waals surface area contributed by atoms with Crippen LogP contribution < -0.4 is 4.72 Å². The van der Waals surface area contributed by atoms with Crippen LogP contribution in [0.4, 0.5) is 5.13 Å². The van der Waals surface area contributed by atoms with Crippen molar-refractivity contribution in [1.29, 1.82) is 0 Å². The van der Waals surface area contributed by atoms with Gasteiger partial charge in [0, 0.05) is 11.3 Å². The predicted molar refractivity (Wildman–Crippen MR) is 89.9 cm³/mol. The van der Waals surface area contributed by atoms with Gasteiger partial charge in [-0.2, -0.15) is 0 Å². The largest absolute Gasteiger partial charge is 0.263 e. The highest BCUT2D eigenvalue weighted by molar-refractivity contribution is 7.93. The molecule has 22 heavy (non-hydrogen) atoms. The van der Waals surface area contributed by atoms with E-state index in [1.807, 2.05) is 17.5 Å². The average Bonchev–Trinajstić information content (AvgIpc) is 3.20. The third-order valence-electron chi connectivity index (χ3n) is 3.62. The first kappa shape index (κ1) is 15.5. The van der Waals surface area contributed by atoms with Gasteiger partial charge in [0.15, 0.2) is 5.13 Å². The van der Waals surface area contributed by atoms with E-state index in [-0.39, 0.29) is 4.90 Å². The van der Waals surface area contributed by atoms with Crippen molar-refractivity contribution in [3.63, 3.8) is 0 Å². The normalized spacial score (nSPS) is 15.2. The molecule has 1 saturated carbocycles. The standard InChI is InChI=1S/C16H20N2O2S2/c1-11(2)9-12-3-7-14(8-4-12)22(19,20)18-16-17-15(10-21-16)13-5-6-13/h3-4,7-8,10-11,13H,5-6,9H2,1-2H3,(H,17,18). The van der Waals surface area contributed by atoms with Gasteiger partial charge in [0.05, 0.1) is 10.6 Å². The Morgan fingerprint density at radius 3 is 2.55 bits per heavy atom. The lowest BCUT2D eigenvalue weighted by atomic mass is 10.0. The van der Waals surface area contributed by atoms with Crippen LogP contribution in [0.15, 0.2) is 34.5 Å². The Labute approximate surface area is 135 Å². The summed E-state index contributed by atoms with van der Waals surface area (Å²) in [6.45, 7) is 4.29. The van der Waals surface area contributed by atoms with E-state index in [2.05, 4.69) is 23.6 Å². The minimum Gasteiger partial charge on any atom is -0.255 e. The summed E-state index contributed by atoms with van der Waals surface area (Å²) in [6, 6.07) is 7.09. The van der Waals surface area contributed by atoms with Crippen LogP contribution in [0.3, 0.4) is 0 Å². The number of thiazole rings is 1. The van der Waals surface area contributed by atoms with Crippen LogP contribution >= 0.6 is 11.3 Å². The second-order valence-corrected chi connectivity index (χ2v) is 8.74. The van der Waals surface area contributed by atoms with E-state index in [0.717, 1.165) is 30.5 Å². The lowest BCUT2D eigenvalue weighted by Gasteiger charge is -2.08. The fraction of sp³-hybridized carbons (Fsp3) is 0.438. The summed E-state index contributed by atoms with van der Waals surface area (Å²) in [4.78, 5) is 4.65. The number of hydrogen-bond acceptors (Lipinski definition) is 4. The molecule has 1 aromatic carbocycles. The van der Waals surface area contributed by atoms with Crippen molar-refractivity contribution < 1.29 is 8.42 Å². The minimum atomic E-state index is -3.55. The van der Waals surface area contributed by atoms with Crippen molar-refractivity contribution in [2.45, 2.75) is 43.9 Å². The zero-order valence-electron chi connectivity index (χ0n) is 12.7. The zero-order valence-corrected chi connectivity index (χ0v) is 14.4. The number of anilines is 1. The molecule has 1 heterocycles. The molecular weight excluding hydrogens is 316 g/mol. The lowest BCUT2D eigenvalue weighted by Crippen LogP contribution is -2.13. The summed E-state index contributed by atoms with van der Waals surface area (Å²) in [5, 5.41) is 2.40. The molecule has 3 rings (SSSR count). The number of nitrogens with one attached hydrogen (secondary N) is 1. The van der Waals surface area contributed by atoms with Gasteiger partial charge in [-0.05, 0) is 42.9 Å². The maximum absolute atomic E-state index is 12.4. The van der Waals surface area contributed by atoms with Gasteiger partial charge in [0.2, 0.25) is 0 Å². The number of sulfonamides is 1. The molecular formula is C16H20N2O2S2. The average molecular weight is 336 g/mol. The monoisotopic (exact) mass is 336 g/mol. The third-order valence-corrected chi connectivity index (χ3v) is 5.88. The van der Waals surface area contributed by atoms with Gasteiger partial charge in [0.25, 0.3) is 10.0 Å². The SMILES string of the molecule is CC(C)Cc1ccc(S(=O)(=O)Nc2nc(C3CC3)cs2)cc1. The Balaban J connectivity index is 1.73. The molecule has 4 nitrogen and oxygen atoms in total. The second kappa shape index (κ2) is 6.01. The number of aromatic nitrogens is 1. The molecule has 0 atom stereocenters. The number of hydrogen-bond donors (Lipinski definition) is 1. The highest BCUT2D eigenvalue weighted by atomic mass is 32.2. The first-order valence-corrected chi connectivity index (χ1v) is 9.87. The van der Waals surface area contributed by atoms with Crippen molar-refractivity contribution in [3.8, 4) is 0 Å². The van der Waals surface area contributed by atoms with Crippen molar-refractivity contribution in [1.82, 2.24) is 4.98 Å². The molecule has 1 N–H and O–H groups in total. The van der Waals surface area contributed by atoms with Crippen LogP contribution in [0, 0.1) is 5.92 Å². The van der Waals surface area contributed by atoms with Crippen molar-refractivity contribution in [3.05, 3.63) is 40.9 Å². The van der Waals surface area contributed by atoms with Crippen LogP contribution in [0.2, 0.25) is 0 Å². The molecule has 6 heteroatoms. The molecule has 0 spiro atoms. The molecule has 1 fully saturated rings. The smallest absolute Gasteiger partial charge is 0.255 e. The molecule has 0 radical (unpaired) electrons. The summed E-state index contributed by atoms with van der Waals surface area (Å²) >= 11 is 1.35. The van der Waals surface area contributed by atoms with Gasteiger partial charge in [-0.15, -0.1) is 11.3 Å². The molecule has 2 aromatic rings. The van der Waals surface area contributed by atoms with Crippen LogP contribution in [0.5, 0.6) is 0 Å². The number of rotatable bonds is 6. The van der Waals surface area contributed by atoms with Gasteiger partial charge in [-0.3, -0.25) is 4.72 Å². The van der Waals surface area contributed by atoms with Crippen LogP contribution in [-0.2, 0) is 16.4 Å². The van der Waals surface area contributed by atoms with Crippen molar-refractivity contribution >= 4 is 26.5 Å². The number of nitrogens with zero attached hydrogens (tertiary/aromatic N) is 1. The van der Waals surface area contributed by atoms with Gasteiger partial charge in [-0.25, -0.2) is 13.4 Å². The highest BCUT2D eigenvalue weighted by Gasteiger charge is 2.26. The fourth-order valence-electron chi connectivity index (χ4n) is 2.35. The summed E-state index contributed by atoms with van der Waals surface area (Å²) in [5.74, 6) is 1.08. The van der Waals surface area contributed by atoms with Crippen molar-refractivity contribution in [2.75, 3.05) is 4.72 Å². The Bertz CT molecular complexity index is 745.